The van der Waals surface area contributed by atoms with Crippen molar-refractivity contribution in [3.8, 4) is 0 Å². The molecule has 1 aliphatic heterocycles. The van der Waals surface area contributed by atoms with Gasteiger partial charge < -0.3 is 0 Å². The minimum Gasteiger partial charge on any atom is -0.268 e. The van der Waals surface area contributed by atoms with Crippen LogP contribution in [0.15, 0.2) is 53.4 Å². The maximum Gasteiger partial charge on any atom is 0.416 e. The third kappa shape index (κ3) is 3.89. The standard InChI is InChI=1S/C17H9ClF3NOS2/c18-12-5-7-13(8-6-12)22-15(23)14(25-16(22)24)9-10-1-3-11(4-2-10)17(19,20)21/h1-9H/b14-9+. The molecule has 2 aromatic carbocycles. The molecule has 0 N–H and O–H groups in total. The summed E-state index contributed by atoms with van der Waals surface area (Å²) < 4.78 is 38.1. The molecule has 0 atom stereocenters. The van der Waals surface area contributed by atoms with Crippen LogP contribution in [0.1, 0.15) is 11.1 Å². The maximum atomic E-state index is 12.6. The van der Waals surface area contributed by atoms with Crippen LogP contribution < -0.4 is 4.90 Å². The molecule has 1 saturated heterocycles. The SMILES string of the molecule is O=C1/C(=C\c2ccc(C(F)(F)F)cc2)SC(=S)N1c1ccc(Cl)cc1. The molecule has 1 fully saturated rings. The highest BCUT2D eigenvalue weighted by atomic mass is 35.5. The van der Waals surface area contributed by atoms with Crippen LogP contribution >= 0.6 is 35.6 Å². The van der Waals surface area contributed by atoms with Gasteiger partial charge in [0, 0.05) is 5.02 Å². The Morgan fingerprint density at radius 1 is 1.04 bits per heavy atom. The molecule has 8 heteroatoms. The largest absolute Gasteiger partial charge is 0.416 e. The summed E-state index contributed by atoms with van der Waals surface area (Å²) in [4.78, 5) is 14.3. The van der Waals surface area contributed by atoms with Gasteiger partial charge in [-0.15, -0.1) is 0 Å². The summed E-state index contributed by atoms with van der Waals surface area (Å²) in [5.74, 6) is -0.322. The third-order valence-corrected chi connectivity index (χ3v) is 4.97. The average Bonchev–Trinajstić information content (AvgIpc) is 2.82. The van der Waals surface area contributed by atoms with Crippen LogP contribution in [0, 0.1) is 0 Å². The molecule has 2 nitrogen and oxygen atoms in total. The first-order valence-electron chi connectivity index (χ1n) is 6.96. The van der Waals surface area contributed by atoms with Crippen LogP contribution in [0.3, 0.4) is 0 Å². The molecule has 2 aromatic rings. The van der Waals surface area contributed by atoms with Crippen molar-refractivity contribution in [3.63, 3.8) is 0 Å². The second kappa shape index (κ2) is 6.82. The average molecular weight is 400 g/mol. The van der Waals surface area contributed by atoms with Gasteiger partial charge in [0.2, 0.25) is 0 Å². The van der Waals surface area contributed by atoms with Crippen molar-refractivity contribution in [2.24, 2.45) is 0 Å². The third-order valence-electron chi connectivity index (χ3n) is 3.41. The molecule has 0 aliphatic carbocycles. The van der Waals surface area contributed by atoms with E-state index in [0.29, 0.717) is 25.5 Å². The smallest absolute Gasteiger partial charge is 0.268 e. The molecule has 0 aromatic heterocycles. The first-order valence-corrected chi connectivity index (χ1v) is 8.57. The van der Waals surface area contributed by atoms with E-state index >= 15 is 0 Å². The lowest BCUT2D eigenvalue weighted by Crippen LogP contribution is -2.27. The molecule has 128 valence electrons. The Labute approximate surface area is 156 Å². The number of thiocarbonyl (C=S) groups is 1. The summed E-state index contributed by atoms with van der Waals surface area (Å²) in [5.41, 5.74) is 0.339. The van der Waals surface area contributed by atoms with Crippen LogP contribution in [0.4, 0.5) is 18.9 Å². The summed E-state index contributed by atoms with van der Waals surface area (Å²) in [7, 11) is 0. The minimum absolute atomic E-state index is 0.322. The Hall–Kier alpha value is -1.83. The highest BCUT2D eigenvalue weighted by Crippen LogP contribution is 2.36. The number of hydrogen-bond donors (Lipinski definition) is 0. The Morgan fingerprint density at radius 2 is 1.64 bits per heavy atom. The van der Waals surface area contributed by atoms with E-state index in [1.54, 1.807) is 24.3 Å². The number of anilines is 1. The predicted octanol–water partition coefficient (Wildman–Crippen LogP) is 5.76. The van der Waals surface area contributed by atoms with Crippen molar-refractivity contribution in [1.29, 1.82) is 0 Å². The van der Waals surface area contributed by atoms with Gasteiger partial charge in [0.25, 0.3) is 5.91 Å². The molecular formula is C17H9ClF3NOS2. The number of benzene rings is 2. The van der Waals surface area contributed by atoms with Gasteiger partial charge in [-0.1, -0.05) is 47.7 Å². The fraction of sp³-hybridized carbons (Fsp3) is 0.0588. The molecule has 0 radical (unpaired) electrons. The highest BCUT2D eigenvalue weighted by molar-refractivity contribution is 8.27. The van der Waals surface area contributed by atoms with Crippen LogP contribution in [0.2, 0.25) is 5.02 Å². The van der Waals surface area contributed by atoms with Gasteiger partial charge in [0.1, 0.15) is 0 Å². The summed E-state index contributed by atoms with van der Waals surface area (Å²) >= 11 is 12.2. The molecular weight excluding hydrogens is 391 g/mol. The quantitative estimate of drug-likeness (QED) is 0.472. The monoisotopic (exact) mass is 399 g/mol. The first kappa shape index (κ1) is 18.0. The van der Waals surface area contributed by atoms with Crippen LogP contribution in [-0.4, -0.2) is 10.2 Å². The van der Waals surface area contributed by atoms with Crippen LogP contribution in [0.25, 0.3) is 6.08 Å². The van der Waals surface area contributed by atoms with Gasteiger partial charge in [-0.05, 0) is 48.0 Å². The van der Waals surface area contributed by atoms with E-state index in [-0.39, 0.29) is 5.91 Å². The summed E-state index contributed by atoms with van der Waals surface area (Å²) in [6.45, 7) is 0. The molecule has 0 bridgehead atoms. The number of rotatable bonds is 2. The fourth-order valence-electron chi connectivity index (χ4n) is 2.20. The summed E-state index contributed by atoms with van der Waals surface area (Å²) in [6.07, 6.45) is -2.87. The first-order chi connectivity index (χ1) is 11.8. The zero-order valence-corrected chi connectivity index (χ0v) is 14.8. The lowest BCUT2D eigenvalue weighted by atomic mass is 10.1. The second-order valence-electron chi connectivity index (χ2n) is 5.11. The second-order valence-corrected chi connectivity index (χ2v) is 7.23. The van der Waals surface area contributed by atoms with Crippen LogP contribution in [-0.2, 0) is 11.0 Å². The van der Waals surface area contributed by atoms with Crippen molar-refractivity contribution in [2.75, 3.05) is 4.90 Å². The van der Waals surface area contributed by atoms with Gasteiger partial charge in [-0.25, -0.2) is 0 Å². The number of thioether (sulfide) groups is 1. The van der Waals surface area contributed by atoms with Crippen molar-refractivity contribution in [3.05, 3.63) is 69.6 Å². The number of carbonyl (C=O) groups excluding carboxylic acids is 1. The van der Waals surface area contributed by atoms with E-state index < -0.39 is 11.7 Å². The maximum absolute atomic E-state index is 12.6. The molecule has 0 saturated carbocycles. The Morgan fingerprint density at radius 3 is 2.20 bits per heavy atom. The van der Waals surface area contributed by atoms with Crippen molar-refractivity contribution < 1.29 is 18.0 Å². The highest BCUT2D eigenvalue weighted by Gasteiger charge is 2.33. The number of halogens is 4. The van der Waals surface area contributed by atoms with Gasteiger partial charge >= 0.3 is 6.18 Å². The van der Waals surface area contributed by atoms with Crippen molar-refractivity contribution in [1.82, 2.24) is 0 Å². The van der Waals surface area contributed by atoms with Gasteiger partial charge in [0.05, 0.1) is 16.2 Å². The number of carbonyl (C=O) groups is 1. The number of amides is 1. The Kier molecular flexibility index (Phi) is 4.90. The lowest BCUT2D eigenvalue weighted by molar-refractivity contribution is -0.137. The van der Waals surface area contributed by atoms with Gasteiger partial charge in [-0.3, -0.25) is 9.69 Å². The Bertz CT molecular complexity index is 861. The van der Waals surface area contributed by atoms with E-state index in [2.05, 4.69) is 0 Å². The minimum atomic E-state index is -4.39. The van der Waals surface area contributed by atoms with Crippen LogP contribution in [0.5, 0.6) is 0 Å². The zero-order valence-electron chi connectivity index (χ0n) is 12.4. The van der Waals surface area contributed by atoms with Crippen molar-refractivity contribution >= 4 is 57.6 Å². The van der Waals surface area contributed by atoms with E-state index in [4.69, 9.17) is 23.8 Å². The molecule has 25 heavy (non-hydrogen) atoms. The number of nitrogens with zero attached hydrogens (tertiary/aromatic N) is 1. The lowest BCUT2D eigenvalue weighted by Gasteiger charge is -2.14. The van der Waals surface area contributed by atoms with Gasteiger partial charge in [0.15, 0.2) is 4.32 Å². The molecule has 1 aliphatic rings. The van der Waals surface area contributed by atoms with E-state index in [0.717, 1.165) is 23.9 Å². The molecule has 1 heterocycles. The van der Waals surface area contributed by atoms with E-state index in [1.165, 1.54) is 23.1 Å². The zero-order chi connectivity index (χ0) is 18.2. The Balaban J connectivity index is 1.86. The van der Waals surface area contributed by atoms with E-state index in [9.17, 15) is 18.0 Å². The molecule has 0 spiro atoms. The summed E-state index contributed by atoms with van der Waals surface area (Å²) in [6, 6.07) is 11.2. The molecule has 3 rings (SSSR count). The fourth-order valence-corrected chi connectivity index (χ4v) is 3.63. The van der Waals surface area contributed by atoms with E-state index in [1.807, 2.05) is 0 Å². The normalized spacial score (nSPS) is 16.8. The summed E-state index contributed by atoms with van der Waals surface area (Å²) in [5, 5.41) is 0.537. The molecule has 1 amide bonds. The van der Waals surface area contributed by atoms with Gasteiger partial charge in [-0.2, -0.15) is 13.2 Å². The van der Waals surface area contributed by atoms with Crippen molar-refractivity contribution in [2.45, 2.75) is 6.18 Å². The predicted molar refractivity (Wildman–Crippen MR) is 98.5 cm³/mol. The number of hydrogen-bond acceptors (Lipinski definition) is 3. The molecule has 0 unspecified atom stereocenters. The number of alkyl halides is 3. The topological polar surface area (TPSA) is 20.3 Å².